The molecule has 0 radical (unpaired) electrons. The third-order valence-corrected chi connectivity index (χ3v) is 2.83. The topological polar surface area (TPSA) is 46.3 Å². The predicted octanol–water partition coefficient (Wildman–Crippen LogP) is 2.40. The van der Waals surface area contributed by atoms with Crippen LogP contribution in [-0.2, 0) is 4.79 Å². The van der Waals surface area contributed by atoms with Gasteiger partial charge in [0.2, 0.25) is 5.91 Å². The zero-order valence-electron chi connectivity index (χ0n) is 11.0. The summed E-state index contributed by atoms with van der Waals surface area (Å²) >= 11 is 0. The Bertz CT molecular complexity index is 388. The van der Waals surface area contributed by atoms with Gasteiger partial charge in [-0.3, -0.25) is 4.79 Å². The monoisotopic (exact) mass is 234 g/mol. The molecule has 2 N–H and O–H groups in total. The molecule has 0 saturated heterocycles. The minimum atomic E-state index is 0.158. The summed E-state index contributed by atoms with van der Waals surface area (Å²) in [7, 11) is 0. The Morgan fingerprint density at radius 2 is 2.06 bits per heavy atom. The normalized spacial score (nSPS) is 10.4. The van der Waals surface area contributed by atoms with Crippen molar-refractivity contribution in [1.82, 2.24) is 0 Å². The van der Waals surface area contributed by atoms with Gasteiger partial charge in [-0.15, -0.1) is 0 Å². The van der Waals surface area contributed by atoms with Gasteiger partial charge in [0.05, 0.1) is 0 Å². The van der Waals surface area contributed by atoms with Gasteiger partial charge in [-0.2, -0.15) is 0 Å². The van der Waals surface area contributed by atoms with Crippen LogP contribution in [0.3, 0.4) is 0 Å². The predicted molar refractivity (Wildman–Crippen MR) is 72.2 cm³/mol. The maximum Gasteiger partial charge on any atom is 0.226 e. The van der Waals surface area contributed by atoms with Crippen molar-refractivity contribution in [1.29, 1.82) is 0 Å². The fourth-order valence-electron chi connectivity index (χ4n) is 1.93. The Morgan fingerprint density at radius 3 is 2.59 bits per heavy atom. The van der Waals surface area contributed by atoms with Crippen molar-refractivity contribution in [3.63, 3.8) is 0 Å². The molecule has 3 nitrogen and oxygen atoms in total. The number of amides is 1. The van der Waals surface area contributed by atoms with E-state index in [0.29, 0.717) is 19.5 Å². The van der Waals surface area contributed by atoms with E-state index in [1.807, 2.05) is 30.9 Å². The summed E-state index contributed by atoms with van der Waals surface area (Å²) in [6.45, 7) is 7.30. The summed E-state index contributed by atoms with van der Waals surface area (Å²) in [4.78, 5) is 13.8. The molecule has 0 spiro atoms. The second kappa shape index (κ2) is 6.40. The standard InChI is InChI=1S/C14H22N2O/c1-4-14(17)16(9-5-8-15)13-7-6-11(2)10-12(13)3/h6-7,10H,4-5,8-9,15H2,1-3H3. The largest absolute Gasteiger partial charge is 0.330 e. The van der Waals surface area contributed by atoms with Gasteiger partial charge in [-0.05, 0) is 38.4 Å². The van der Waals surface area contributed by atoms with Crippen LogP contribution < -0.4 is 10.6 Å². The molecule has 0 fully saturated rings. The minimum Gasteiger partial charge on any atom is -0.330 e. The summed E-state index contributed by atoms with van der Waals surface area (Å²) < 4.78 is 0. The molecule has 0 aliphatic rings. The fourth-order valence-corrected chi connectivity index (χ4v) is 1.93. The third kappa shape index (κ3) is 3.56. The Labute approximate surface area is 104 Å². The Morgan fingerprint density at radius 1 is 1.35 bits per heavy atom. The molecule has 0 bridgehead atoms. The first-order valence-electron chi connectivity index (χ1n) is 6.17. The molecular formula is C14H22N2O. The minimum absolute atomic E-state index is 0.158. The van der Waals surface area contributed by atoms with Crippen molar-refractivity contribution in [2.75, 3.05) is 18.0 Å². The molecule has 0 atom stereocenters. The number of anilines is 1. The van der Waals surface area contributed by atoms with Gasteiger partial charge in [0, 0.05) is 18.7 Å². The van der Waals surface area contributed by atoms with E-state index < -0.39 is 0 Å². The Balaban J connectivity index is 2.99. The highest BCUT2D eigenvalue weighted by atomic mass is 16.2. The van der Waals surface area contributed by atoms with Crippen LogP contribution in [-0.4, -0.2) is 19.0 Å². The number of carbonyl (C=O) groups is 1. The van der Waals surface area contributed by atoms with E-state index in [1.54, 1.807) is 0 Å². The lowest BCUT2D eigenvalue weighted by Crippen LogP contribution is -2.32. The van der Waals surface area contributed by atoms with Gasteiger partial charge in [-0.1, -0.05) is 24.6 Å². The number of aryl methyl sites for hydroxylation is 2. The van der Waals surface area contributed by atoms with E-state index in [0.717, 1.165) is 17.7 Å². The van der Waals surface area contributed by atoms with Crippen molar-refractivity contribution in [2.24, 2.45) is 5.73 Å². The number of hydrogen-bond acceptors (Lipinski definition) is 2. The molecule has 0 aliphatic heterocycles. The average Bonchev–Trinajstić information content (AvgIpc) is 2.31. The second-order valence-corrected chi connectivity index (χ2v) is 4.33. The highest BCUT2D eigenvalue weighted by Crippen LogP contribution is 2.22. The van der Waals surface area contributed by atoms with Gasteiger partial charge in [0.25, 0.3) is 0 Å². The van der Waals surface area contributed by atoms with E-state index in [-0.39, 0.29) is 5.91 Å². The van der Waals surface area contributed by atoms with Crippen LogP contribution in [0.4, 0.5) is 5.69 Å². The van der Waals surface area contributed by atoms with E-state index in [2.05, 4.69) is 13.0 Å². The Hall–Kier alpha value is -1.35. The number of hydrogen-bond donors (Lipinski definition) is 1. The van der Waals surface area contributed by atoms with E-state index >= 15 is 0 Å². The first-order valence-corrected chi connectivity index (χ1v) is 6.17. The molecule has 1 amide bonds. The molecule has 0 heterocycles. The molecule has 1 aromatic rings. The van der Waals surface area contributed by atoms with Gasteiger partial charge < -0.3 is 10.6 Å². The SMILES string of the molecule is CCC(=O)N(CCCN)c1ccc(C)cc1C. The van der Waals surface area contributed by atoms with Crippen molar-refractivity contribution in [3.05, 3.63) is 29.3 Å². The van der Waals surface area contributed by atoms with Crippen LogP contribution >= 0.6 is 0 Å². The maximum absolute atomic E-state index is 11.9. The Kier molecular flexibility index (Phi) is 5.16. The first-order chi connectivity index (χ1) is 8.10. The lowest BCUT2D eigenvalue weighted by molar-refractivity contribution is -0.118. The molecule has 3 heteroatoms. The van der Waals surface area contributed by atoms with E-state index in [1.165, 1.54) is 5.56 Å². The summed E-state index contributed by atoms with van der Waals surface area (Å²) in [6, 6.07) is 6.17. The number of nitrogens with two attached hydrogens (primary N) is 1. The highest BCUT2D eigenvalue weighted by Gasteiger charge is 2.15. The summed E-state index contributed by atoms with van der Waals surface area (Å²) in [6.07, 6.45) is 1.36. The van der Waals surface area contributed by atoms with Crippen molar-refractivity contribution in [3.8, 4) is 0 Å². The zero-order chi connectivity index (χ0) is 12.8. The van der Waals surface area contributed by atoms with Gasteiger partial charge in [0.15, 0.2) is 0 Å². The van der Waals surface area contributed by atoms with Crippen LogP contribution in [0, 0.1) is 13.8 Å². The molecule has 0 unspecified atom stereocenters. The number of rotatable bonds is 5. The lowest BCUT2D eigenvalue weighted by atomic mass is 10.1. The fraction of sp³-hybridized carbons (Fsp3) is 0.500. The van der Waals surface area contributed by atoms with Crippen molar-refractivity contribution >= 4 is 11.6 Å². The van der Waals surface area contributed by atoms with Crippen LogP contribution in [0.1, 0.15) is 30.9 Å². The summed E-state index contributed by atoms with van der Waals surface area (Å²) in [5.74, 6) is 0.158. The second-order valence-electron chi connectivity index (χ2n) is 4.33. The van der Waals surface area contributed by atoms with E-state index in [9.17, 15) is 4.79 Å². The lowest BCUT2D eigenvalue weighted by Gasteiger charge is -2.24. The zero-order valence-corrected chi connectivity index (χ0v) is 11.0. The smallest absolute Gasteiger partial charge is 0.226 e. The molecule has 0 saturated carbocycles. The highest BCUT2D eigenvalue weighted by molar-refractivity contribution is 5.93. The summed E-state index contributed by atoms with van der Waals surface area (Å²) in [5, 5.41) is 0. The van der Waals surface area contributed by atoms with Crippen LogP contribution in [0.15, 0.2) is 18.2 Å². The van der Waals surface area contributed by atoms with Crippen LogP contribution in [0.2, 0.25) is 0 Å². The van der Waals surface area contributed by atoms with Crippen molar-refractivity contribution in [2.45, 2.75) is 33.6 Å². The van der Waals surface area contributed by atoms with E-state index in [4.69, 9.17) is 5.73 Å². The summed E-state index contributed by atoms with van der Waals surface area (Å²) in [5.41, 5.74) is 8.89. The number of nitrogens with zero attached hydrogens (tertiary/aromatic N) is 1. The van der Waals surface area contributed by atoms with Gasteiger partial charge >= 0.3 is 0 Å². The van der Waals surface area contributed by atoms with Gasteiger partial charge in [-0.25, -0.2) is 0 Å². The molecule has 94 valence electrons. The first kappa shape index (κ1) is 13.7. The molecule has 1 rings (SSSR count). The number of benzene rings is 1. The molecule has 0 aliphatic carbocycles. The number of carbonyl (C=O) groups excluding carboxylic acids is 1. The quantitative estimate of drug-likeness (QED) is 0.850. The molecule has 0 aromatic heterocycles. The maximum atomic E-state index is 11.9. The molecule has 1 aromatic carbocycles. The third-order valence-electron chi connectivity index (χ3n) is 2.83. The average molecular weight is 234 g/mol. The van der Waals surface area contributed by atoms with Crippen molar-refractivity contribution < 1.29 is 4.79 Å². The van der Waals surface area contributed by atoms with Crippen LogP contribution in [0.25, 0.3) is 0 Å². The van der Waals surface area contributed by atoms with Gasteiger partial charge in [0.1, 0.15) is 0 Å². The molecule has 17 heavy (non-hydrogen) atoms. The van der Waals surface area contributed by atoms with Crippen LogP contribution in [0.5, 0.6) is 0 Å². The molecular weight excluding hydrogens is 212 g/mol.